The molecule has 1 aromatic heterocycles. The third-order valence-electron chi connectivity index (χ3n) is 4.81. The zero-order chi connectivity index (χ0) is 22.0. The van der Waals surface area contributed by atoms with Crippen molar-refractivity contribution in [2.75, 3.05) is 11.1 Å². The lowest BCUT2D eigenvalue weighted by Gasteiger charge is -2.07. The Morgan fingerprint density at radius 2 is 1.71 bits per heavy atom. The van der Waals surface area contributed by atoms with Crippen molar-refractivity contribution in [2.24, 2.45) is 0 Å². The van der Waals surface area contributed by atoms with Gasteiger partial charge in [0.2, 0.25) is 5.91 Å². The van der Waals surface area contributed by atoms with Gasteiger partial charge in [-0.25, -0.2) is 12.8 Å². The Labute approximate surface area is 187 Å². The zero-order valence-electron chi connectivity index (χ0n) is 16.3. The summed E-state index contributed by atoms with van der Waals surface area (Å²) >= 11 is 3.33. The van der Waals surface area contributed by atoms with Crippen molar-refractivity contribution >= 4 is 48.3 Å². The van der Waals surface area contributed by atoms with Crippen molar-refractivity contribution in [1.29, 1.82) is 0 Å². The number of hydrogen-bond donors (Lipinski definition) is 1. The minimum Gasteiger partial charge on any atom is -0.342 e. The number of sulfone groups is 1. The van der Waals surface area contributed by atoms with Crippen LogP contribution in [0.3, 0.4) is 0 Å². The summed E-state index contributed by atoms with van der Waals surface area (Å²) in [5, 5.41) is 3.09. The van der Waals surface area contributed by atoms with Gasteiger partial charge in [-0.15, -0.1) is 0 Å². The molecule has 0 aliphatic carbocycles. The molecule has 0 radical (unpaired) electrons. The molecular weight excluding hydrogens is 483 g/mol. The van der Waals surface area contributed by atoms with Gasteiger partial charge >= 0.3 is 0 Å². The molecule has 0 fully saturated rings. The van der Waals surface area contributed by atoms with Gasteiger partial charge in [-0.1, -0.05) is 52.3 Å². The summed E-state index contributed by atoms with van der Waals surface area (Å²) in [6, 6.07) is 20.3. The van der Waals surface area contributed by atoms with Gasteiger partial charge in [0.25, 0.3) is 0 Å². The van der Waals surface area contributed by atoms with E-state index in [1.54, 1.807) is 71.3 Å². The normalized spacial score (nSPS) is 11.5. The van der Waals surface area contributed by atoms with Crippen LogP contribution in [0.5, 0.6) is 0 Å². The van der Waals surface area contributed by atoms with E-state index in [4.69, 9.17) is 0 Å². The minimum absolute atomic E-state index is 0.0433. The molecule has 1 amide bonds. The number of hydrogen-bond acceptors (Lipinski definition) is 3. The topological polar surface area (TPSA) is 68.2 Å². The lowest BCUT2D eigenvalue weighted by molar-refractivity contribution is -0.113. The van der Waals surface area contributed by atoms with E-state index in [0.717, 1.165) is 4.47 Å². The largest absolute Gasteiger partial charge is 0.342 e. The summed E-state index contributed by atoms with van der Waals surface area (Å²) in [6.07, 6.45) is 1.47. The first-order valence-corrected chi connectivity index (χ1v) is 11.9. The summed E-state index contributed by atoms with van der Waals surface area (Å²) in [7, 11) is -3.93. The van der Waals surface area contributed by atoms with Crippen molar-refractivity contribution in [2.45, 2.75) is 11.4 Å². The fourth-order valence-corrected chi connectivity index (χ4v) is 5.19. The van der Waals surface area contributed by atoms with Gasteiger partial charge in [-0.3, -0.25) is 4.79 Å². The van der Waals surface area contributed by atoms with Crippen LogP contribution in [-0.2, 0) is 21.2 Å². The highest BCUT2D eigenvalue weighted by molar-refractivity contribution is 9.10. The Morgan fingerprint density at radius 3 is 2.48 bits per heavy atom. The number of halogens is 2. The van der Waals surface area contributed by atoms with E-state index in [2.05, 4.69) is 21.2 Å². The van der Waals surface area contributed by atoms with Gasteiger partial charge in [0.1, 0.15) is 11.6 Å². The molecular formula is C23H18BrFN2O3S. The minimum atomic E-state index is -3.93. The Morgan fingerprint density at radius 1 is 1.00 bits per heavy atom. The van der Waals surface area contributed by atoms with Crippen LogP contribution in [0.15, 0.2) is 88.4 Å². The molecule has 0 unspecified atom stereocenters. The van der Waals surface area contributed by atoms with Crippen LogP contribution in [0.25, 0.3) is 10.9 Å². The number of nitrogens with one attached hydrogen (secondary N) is 1. The molecule has 4 rings (SSSR count). The maximum atomic E-state index is 14.3. The van der Waals surface area contributed by atoms with Gasteiger partial charge in [0.15, 0.2) is 9.84 Å². The molecule has 1 heterocycles. The first-order chi connectivity index (χ1) is 14.8. The average molecular weight is 501 g/mol. The summed E-state index contributed by atoms with van der Waals surface area (Å²) in [4.78, 5) is 12.4. The van der Waals surface area contributed by atoms with E-state index >= 15 is 0 Å². The second-order valence-electron chi connectivity index (χ2n) is 7.05. The molecule has 158 valence electrons. The summed E-state index contributed by atoms with van der Waals surface area (Å²) in [5.74, 6) is -1.70. The number of para-hydroxylation sites is 2. The number of carbonyl (C=O) groups excluding carboxylic acids is 1. The zero-order valence-corrected chi connectivity index (χ0v) is 18.7. The molecule has 0 saturated heterocycles. The number of carbonyl (C=O) groups is 1. The molecule has 0 saturated carbocycles. The highest BCUT2D eigenvalue weighted by Gasteiger charge is 2.24. The Bertz CT molecular complexity index is 1370. The third-order valence-corrected chi connectivity index (χ3v) is 6.95. The lowest BCUT2D eigenvalue weighted by atomic mass is 10.2. The first kappa shape index (κ1) is 21.3. The molecule has 3 aromatic carbocycles. The standard InChI is InChI=1S/C23H18BrFN2O3S/c24-17-10-11-20(25)16(12-17)13-27-14-22(19-8-4-5-9-21(19)27)31(29,30)15-23(28)26-18-6-2-1-3-7-18/h1-12,14H,13,15H2,(H,26,28). The van der Waals surface area contributed by atoms with Crippen molar-refractivity contribution in [3.05, 3.63) is 94.8 Å². The van der Waals surface area contributed by atoms with E-state index in [1.165, 1.54) is 12.3 Å². The summed E-state index contributed by atoms with van der Waals surface area (Å²) < 4.78 is 42.8. The second-order valence-corrected chi connectivity index (χ2v) is 9.92. The van der Waals surface area contributed by atoms with Crippen LogP contribution in [0, 0.1) is 5.82 Å². The number of benzene rings is 3. The molecule has 0 aliphatic rings. The summed E-state index contributed by atoms with van der Waals surface area (Å²) in [6.45, 7) is 0.150. The highest BCUT2D eigenvalue weighted by atomic mass is 79.9. The molecule has 0 spiro atoms. The van der Waals surface area contributed by atoms with E-state index in [-0.39, 0.29) is 17.3 Å². The van der Waals surface area contributed by atoms with Crippen molar-refractivity contribution < 1.29 is 17.6 Å². The van der Waals surface area contributed by atoms with Gasteiger partial charge in [0, 0.05) is 32.8 Å². The molecule has 0 bridgehead atoms. The number of rotatable bonds is 6. The van der Waals surface area contributed by atoms with E-state index in [1.807, 2.05) is 0 Å². The van der Waals surface area contributed by atoms with E-state index in [9.17, 15) is 17.6 Å². The van der Waals surface area contributed by atoms with Crippen LogP contribution in [0.2, 0.25) is 0 Å². The first-order valence-electron chi connectivity index (χ1n) is 9.43. The quantitative estimate of drug-likeness (QED) is 0.404. The number of nitrogens with zero attached hydrogens (tertiary/aromatic N) is 1. The molecule has 0 atom stereocenters. The lowest BCUT2D eigenvalue weighted by Crippen LogP contribution is -2.22. The van der Waals surface area contributed by atoms with E-state index < -0.39 is 21.5 Å². The maximum Gasteiger partial charge on any atom is 0.239 e. The fraction of sp³-hybridized carbons (Fsp3) is 0.0870. The second kappa shape index (κ2) is 8.64. The fourth-order valence-electron chi connectivity index (χ4n) is 3.41. The Kier molecular flexibility index (Phi) is 5.93. The molecule has 1 N–H and O–H groups in total. The Hall–Kier alpha value is -2.97. The number of amides is 1. The van der Waals surface area contributed by atoms with Crippen LogP contribution < -0.4 is 5.32 Å². The maximum absolute atomic E-state index is 14.3. The van der Waals surface area contributed by atoms with Gasteiger partial charge in [-0.05, 0) is 36.4 Å². The molecule has 5 nitrogen and oxygen atoms in total. The monoisotopic (exact) mass is 500 g/mol. The van der Waals surface area contributed by atoms with Gasteiger partial charge in [0.05, 0.1) is 11.4 Å². The predicted octanol–water partition coefficient (Wildman–Crippen LogP) is 5.00. The van der Waals surface area contributed by atoms with Gasteiger partial charge < -0.3 is 9.88 Å². The summed E-state index contributed by atoms with van der Waals surface area (Å²) in [5.41, 5.74) is 1.58. The predicted molar refractivity (Wildman–Crippen MR) is 122 cm³/mol. The van der Waals surface area contributed by atoms with E-state index in [0.29, 0.717) is 22.2 Å². The highest BCUT2D eigenvalue weighted by Crippen LogP contribution is 2.28. The van der Waals surface area contributed by atoms with Crippen molar-refractivity contribution in [3.63, 3.8) is 0 Å². The Balaban J connectivity index is 1.67. The van der Waals surface area contributed by atoms with Crippen molar-refractivity contribution in [1.82, 2.24) is 4.57 Å². The number of anilines is 1. The average Bonchev–Trinajstić information content (AvgIpc) is 3.11. The number of fused-ring (bicyclic) bond motifs is 1. The van der Waals surface area contributed by atoms with Gasteiger partial charge in [-0.2, -0.15) is 0 Å². The van der Waals surface area contributed by atoms with Crippen molar-refractivity contribution in [3.8, 4) is 0 Å². The number of aromatic nitrogens is 1. The van der Waals surface area contributed by atoms with Crippen LogP contribution in [0.4, 0.5) is 10.1 Å². The third kappa shape index (κ3) is 4.70. The van der Waals surface area contributed by atoms with Crippen LogP contribution in [0.1, 0.15) is 5.56 Å². The van der Waals surface area contributed by atoms with Crippen LogP contribution >= 0.6 is 15.9 Å². The smallest absolute Gasteiger partial charge is 0.239 e. The SMILES string of the molecule is O=C(CS(=O)(=O)c1cn(Cc2cc(Br)ccc2F)c2ccccc12)Nc1ccccc1. The molecule has 31 heavy (non-hydrogen) atoms. The van der Waals surface area contributed by atoms with Crippen LogP contribution in [-0.4, -0.2) is 24.6 Å². The molecule has 8 heteroatoms. The molecule has 0 aliphatic heterocycles. The molecule has 4 aromatic rings.